The van der Waals surface area contributed by atoms with Gasteiger partial charge in [0.1, 0.15) is 6.33 Å². The van der Waals surface area contributed by atoms with E-state index in [0.29, 0.717) is 17.8 Å². The molecule has 0 amide bonds. The molecule has 0 spiro atoms. The molecule has 0 N–H and O–H groups in total. The number of esters is 1. The first kappa shape index (κ1) is 20.6. The number of carbonyl (C=O) groups is 2. The molecular formula is C22H26N4O3. The Morgan fingerprint density at radius 2 is 1.76 bits per heavy atom. The van der Waals surface area contributed by atoms with Crippen molar-refractivity contribution in [3.05, 3.63) is 57.7 Å². The zero-order chi connectivity index (χ0) is 21.3. The fourth-order valence-electron chi connectivity index (χ4n) is 3.50. The Labute approximate surface area is 170 Å². The molecule has 0 bridgehead atoms. The molecule has 0 saturated heterocycles. The topological polar surface area (TPSA) is 86.5 Å². The highest BCUT2D eigenvalue weighted by Gasteiger charge is 2.22. The highest BCUT2D eigenvalue weighted by Crippen LogP contribution is 2.19. The average Bonchev–Trinajstić information content (AvgIpc) is 3.12. The molecule has 3 rings (SSSR count). The van der Waals surface area contributed by atoms with Crippen LogP contribution < -0.4 is 0 Å². The number of fused-ring (bicyclic) bond motifs is 1. The summed E-state index contributed by atoms with van der Waals surface area (Å²) in [5, 5.41) is 4.16. The minimum atomic E-state index is -0.832. The zero-order valence-electron chi connectivity index (χ0n) is 17.7. The van der Waals surface area contributed by atoms with Crippen LogP contribution in [-0.4, -0.2) is 37.4 Å². The zero-order valence-corrected chi connectivity index (χ0v) is 17.7. The number of aryl methyl sites for hydroxylation is 5. The fourth-order valence-corrected chi connectivity index (χ4v) is 3.50. The van der Waals surface area contributed by atoms with Gasteiger partial charge in [0.05, 0.1) is 0 Å². The van der Waals surface area contributed by atoms with Crippen LogP contribution in [0.2, 0.25) is 0 Å². The third-order valence-corrected chi connectivity index (χ3v) is 5.35. The second kappa shape index (κ2) is 8.11. The quantitative estimate of drug-likeness (QED) is 0.470. The van der Waals surface area contributed by atoms with Crippen LogP contribution in [0.15, 0.2) is 18.5 Å². The van der Waals surface area contributed by atoms with Gasteiger partial charge >= 0.3 is 5.97 Å². The molecular weight excluding hydrogens is 368 g/mol. The van der Waals surface area contributed by atoms with Crippen LogP contribution in [0.1, 0.15) is 57.3 Å². The Hall–Kier alpha value is -3.09. The number of ether oxygens (including phenoxy) is 1. The monoisotopic (exact) mass is 394 g/mol. The Balaban J connectivity index is 1.67. The number of hydrogen-bond acceptors (Lipinski definition) is 6. The molecule has 1 aromatic carbocycles. The van der Waals surface area contributed by atoms with E-state index in [1.807, 2.05) is 46.8 Å². The molecule has 7 nitrogen and oxygen atoms in total. The molecule has 7 heteroatoms. The van der Waals surface area contributed by atoms with Gasteiger partial charge in [0.2, 0.25) is 5.78 Å². The lowest BCUT2D eigenvalue weighted by atomic mass is 9.96. The number of Topliss-reactive ketones (excluding diaryl/α,β-unsaturated/α-hetero) is 1. The first-order valence-electron chi connectivity index (χ1n) is 9.66. The maximum atomic E-state index is 12.8. The van der Waals surface area contributed by atoms with Crippen molar-refractivity contribution in [1.82, 2.24) is 19.6 Å². The van der Waals surface area contributed by atoms with Gasteiger partial charge in [-0.3, -0.25) is 9.59 Å². The van der Waals surface area contributed by atoms with Crippen molar-refractivity contribution in [3.8, 4) is 0 Å². The van der Waals surface area contributed by atoms with E-state index in [1.54, 1.807) is 11.4 Å². The van der Waals surface area contributed by atoms with Crippen LogP contribution in [0.25, 0.3) is 5.78 Å². The molecule has 0 saturated carbocycles. The summed E-state index contributed by atoms with van der Waals surface area (Å²) in [5.41, 5.74) is 6.30. The van der Waals surface area contributed by atoms with Crippen molar-refractivity contribution >= 4 is 17.5 Å². The molecule has 29 heavy (non-hydrogen) atoms. The maximum absolute atomic E-state index is 12.8. The molecule has 1 unspecified atom stereocenters. The molecule has 0 aliphatic carbocycles. The molecule has 0 aliphatic heterocycles. The molecule has 0 aliphatic rings. The predicted molar refractivity (Wildman–Crippen MR) is 109 cm³/mol. The molecule has 0 radical (unpaired) electrons. The van der Waals surface area contributed by atoms with E-state index < -0.39 is 12.1 Å². The molecule has 3 aromatic rings. The maximum Gasteiger partial charge on any atom is 0.306 e. The molecule has 0 fully saturated rings. The van der Waals surface area contributed by atoms with E-state index in [-0.39, 0.29) is 12.2 Å². The fraction of sp³-hybridized carbons (Fsp3) is 0.409. The van der Waals surface area contributed by atoms with Crippen LogP contribution in [0.4, 0.5) is 0 Å². The van der Waals surface area contributed by atoms with Gasteiger partial charge in [0.15, 0.2) is 6.10 Å². The minimum Gasteiger partial charge on any atom is -0.454 e. The normalized spacial score (nSPS) is 12.2. The molecule has 152 valence electrons. The van der Waals surface area contributed by atoms with Crippen molar-refractivity contribution in [1.29, 1.82) is 0 Å². The highest BCUT2D eigenvalue weighted by atomic mass is 16.5. The van der Waals surface area contributed by atoms with Gasteiger partial charge in [-0.15, -0.1) is 0 Å². The second-order valence-electron chi connectivity index (χ2n) is 7.48. The number of carbonyl (C=O) groups excluding carboxylic acids is 2. The number of ketones is 1. The Morgan fingerprint density at radius 1 is 1.07 bits per heavy atom. The molecule has 2 aromatic heterocycles. The number of aromatic nitrogens is 4. The number of rotatable bonds is 6. The third kappa shape index (κ3) is 4.18. The summed E-state index contributed by atoms with van der Waals surface area (Å²) in [6.45, 7) is 11.3. The third-order valence-electron chi connectivity index (χ3n) is 5.35. The van der Waals surface area contributed by atoms with E-state index in [1.165, 1.54) is 6.33 Å². The van der Waals surface area contributed by atoms with Crippen molar-refractivity contribution < 1.29 is 14.3 Å². The average molecular weight is 394 g/mol. The van der Waals surface area contributed by atoms with Gasteiger partial charge in [-0.25, -0.2) is 9.50 Å². The van der Waals surface area contributed by atoms with Gasteiger partial charge in [0.25, 0.3) is 5.78 Å². The second-order valence-corrected chi connectivity index (χ2v) is 7.48. The lowest BCUT2D eigenvalue weighted by Gasteiger charge is -2.16. The Kier molecular flexibility index (Phi) is 5.77. The smallest absolute Gasteiger partial charge is 0.306 e. The lowest BCUT2D eigenvalue weighted by molar-refractivity contribution is -0.146. The predicted octanol–water partition coefficient (Wildman–Crippen LogP) is 3.41. The van der Waals surface area contributed by atoms with Gasteiger partial charge in [-0.1, -0.05) is 6.07 Å². The lowest BCUT2D eigenvalue weighted by Crippen LogP contribution is -2.25. The van der Waals surface area contributed by atoms with Gasteiger partial charge in [-0.05, 0) is 76.3 Å². The van der Waals surface area contributed by atoms with Crippen molar-refractivity contribution in [2.24, 2.45) is 0 Å². The Bertz CT molecular complexity index is 1100. The van der Waals surface area contributed by atoms with Crippen LogP contribution >= 0.6 is 0 Å². The summed E-state index contributed by atoms with van der Waals surface area (Å²) in [5.74, 6) is -0.0591. The van der Waals surface area contributed by atoms with Gasteiger partial charge in [0, 0.05) is 23.4 Å². The standard InChI is InChI=1S/C22H26N4O3/c1-12-9-14(3)19(10-13(12)2)21(28)17(6)29-20(27)8-7-18-15(4)25-22-23-11-24-26(22)16(18)5/h9-11,17H,7-8H2,1-6H3. The SMILES string of the molecule is Cc1cc(C)c(C(=O)C(C)OC(=O)CCc2c(C)nc3ncnn3c2C)cc1C. The largest absolute Gasteiger partial charge is 0.454 e. The van der Waals surface area contributed by atoms with Crippen LogP contribution in [0.5, 0.6) is 0 Å². The van der Waals surface area contributed by atoms with E-state index in [9.17, 15) is 9.59 Å². The summed E-state index contributed by atoms with van der Waals surface area (Å²) in [7, 11) is 0. The van der Waals surface area contributed by atoms with E-state index in [0.717, 1.165) is 33.6 Å². The van der Waals surface area contributed by atoms with Crippen LogP contribution in [0, 0.1) is 34.6 Å². The summed E-state index contributed by atoms with van der Waals surface area (Å²) < 4.78 is 7.08. The summed E-state index contributed by atoms with van der Waals surface area (Å²) >= 11 is 0. The summed E-state index contributed by atoms with van der Waals surface area (Å²) in [6, 6.07) is 3.85. The highest BCUT2D eigenvalue weighted by molar-refractivity contribution is 6.01. The first-order chi connectivity index (χ1) is 13.7. The van der Waals surface area contributed by atoms with E-state index in [4.69, 9.17) is 4.74 Å². The van der Waals surface area contributed by atoms with Crippen molar-refractivity contribution in [2.45, 2.75) is 60.5 Å². The summed E-state index contributed by atoms with van der Waals surface area (Å²) in [6.07, 6.45) is 1.24. The van der Waals surface area contributed by atoms with Crippen LogP contribution in [-0.2, 0) is 16.0 Å². The van der Waals surface area contributed by atoms with E-state index in [2.05, 4.69) is 15.1 Å². The van der Waals surface area contributed by atoms with Gasteiger partial charge < -0.3 is 4.74 Å². The first-order valence-corrected chi connectivity index (χ1v) is 9.66. The molecule has 1 atom stereocenters. The number of nitrogens with zero attached hydrogens (tertiary/aromatic N) is 4. The minimum absolute atomic E-state index is 0.160. The Morgan fingerprint density at radius 3 is 2.48 bits per heavy atom. The number of hydrogen-bond donors (Lipinski definition) is 0. The van der Waals surface area contributed by atoms with Crippen LogP contribution in [0.3, 0.4) is 0 Å². The van der Waals surface area contributed by atoms with E-state index >= 15 is 0 Å². The van der Waals surface area contributed by atoms with Crippen molar-refractivity contribution in [3.63, 3.8) is 0 Å². The number of benzene rings is 1. The van der Waals surface area contributed by atoms with Crippen molar-refractivity contribution in [2.75, 3.05) is 0 Å². The van der Waals surface area contributed by atoms with Gasteiger partial charge in [-0.2, -0.15) is 10.1 Å². The summed E-state index contributed by atoms with van der Waals surface area (Å²) in [4.78, 5) is 33.6. The molecule has 2 heterocycles.